The number of amides is 1. The number of rotatable bonds is 5. The quantitative estimate of drug-likeness (QED) is 0.716. The lowest BCUT2D eigenvalue weighted by atomic mass is 10.2. The normalized spacial score (nSPS) is 10.8. The minimum absolute atomic E-state index is 0.0137. The topological polar surface area (TPSA) is 55.5 Å². The van der Waals surface area contributed by atoms with Crippen LogP contribution >= 0.6 is 0 Å². The van der Waals surface area contributed by atoms with Crippen LogP contribution in [0, 0.1) is 0 Å². The van der Waals surface area contributed by atoms with Crippen molar-refractivity contribution in [1.82, 2.24) is 4.57 Å². The van der Waals surface area contributed by atoms with Gasteiger partial charge in [0.1, 0.15) is 5.76 Å². The third kappa shape index (κ3) is 3.71. The predicted octanol–water partition coefficient (Wildman–Crippen LogP) is 3.54. The average molecular weight is 336 g/mol. The molecule has 0 bridgehead atoms. The van der Waals surface area contributed by atoms with E-state index in [1.807, 2.05) is 44.2 Å². The summed E-state index contributed by atoms with van der Waals surface area (Å²) in [5.74, 6) is 0.623. The Morgan fingerprint density at radius 1 is 1.04 bits per heavy atom. The Morgan fingerprint density at radius 3 is 2.44 bits per heavy atom. The van der Waals surface area contributed by atoms with Crippen molar-refractivity contribution >= 4 is 11.6 Å². The number of para-hydroxylation sites is 1. The number of carbonyl (C=O) groups is 1. The smallest absolute Gasteiger partial charge is 0.294 e. The number of hydrogen-bond acceptors (Lipinski definition) is 3. The molecule has 1 aromatic carbocycles. The molecule has 1 amide bonds. The molecule has 0 spiro atoms. The van der Waals surface area contributed by atoms with E-state index in [1.54, 1.807) is 35.4 Å². The number of furan rings is 1. The molecule has 0 aliphatic carbocycles. The summed E-state index contributed by atoms with van der Waals surface area (Å²) in [6.45, 7) is 4.20. The van der Waals surface area contributed by atoms with Crippen molar-refractivity contribution in [3.05, 3.63) is 88.7 Å². The molecular weight excluding hydrogens is 316 g/mol. The van der Waals surface area contributed by atoms with Crippen LogP contribution in [0.15, 0.2) is 76.1 Å². The highest BCUT2D eigenvalue weighted by Gasteiger charge is 2.23. The highest BCUT2D eigenvalue weighted by molar-refractivity contribution is 6.04. The van der Waals surface area contributed by atoms with E-state index in [9.17, 15) is 9.59 Å². The monoisotopic (exact) mass is 336 g/mol. The van der Waals surface area contributed by atoms with Gasteiger partial charge in [0.15, 0.2) is 5.76 Å². The van der Waals surface area contributed by atoms with E-state index in [0.717, 1.165) is 5.69 Å². The van der Waals surface area contributed by atoms with Gasteiger partial charge in [0.05, 0.1) is 6.54 Å². The molecule has 0 N–H and O–H groups in total. The summed E-state index contributed by atoms with van der Waals surface area (Å²) in [4.78, 5) is 26.4. The second-order valence-electron chi connectivity index (χ2n) is 6.04. The maximum absolute atomic E-state index is 12.9. The number of carbonyl (C=O) groups excluding carboxylic acids is 1. The molecule has 3 rings (SSSR count). The minimum Gasteiger partial charge on any atom is -0.454 e. The molecule has 0 fully saturated rings. The molecule has 0 radical (unpaired) electrons. The van der Waals surface area contributed by atoms with E-state index in [4.69, 9.17) is 4.42 Å². The zero-order valence-electron chi connectivity index (χ0n) is 14.3. The average Bonchev–Trinajstić information content (AvgIpc) is 3.06. The van der Waals surface area contributed by atoms with Crippen LogP contribution in [0.2, 0.25) is 0 Å². The first-order valence-electron chi connectivity index (χ1n) is 8.19. The number of pyridine rings is 1. The van der Waals surface area contributed by atoms with Gasteiger partial charge in [0, 0.05) is 24.0 Å². The van der Waals surface area contributed by atoms with Crippen molar-refractivity contribution in [3.8, 4) is 0 Å². The van der Waals surface area contributed by atoms with Crippen LogP contribution in [0.4, 0.5) is 5.69 Å². The molecule has 0 saturated heterocycles. The van der Waals surface area contributed by atoms with Crippen molar-refractivity contribution in [2.45, 2.75) is 26.4 Å². The first-order chi connectivity index (χ1) is 12.1. The Labute approximate surface area is 146 Å². The molecular formula is C20H20N2O3. The maximum atomic E-state index is 12.9. The van der Waals surface area contributed by atoms with Gasteiger partial charge >= 0.3 is 0 Å². The molecule has 3 aromatic rings. The molecule has 2 aromatic heterocycles. The maximum Gasteiger partial charge on any atom is 0.294 e. The van der Waals surface area contributed by atoms with Gasteiger partial charge < -0.3 is 13.9 Å². The van der Waals surface area contributed by atoms with Crippen LogP contribution in [0.5, 0.6) is 0 Å². The largest absolute Gasteiger partial charge is 0.454 e. The number of aromatic nitrogens is 1. The summed E-state index contributed by atoms with van der Waals surface area (Å²) in [5.41, 5.74) is 0.708. The third-order valence-electron chi connectivity index (χ3n) is 3.87. The Morgan fingerprint density at radius 2 is 1.76 bits per heavy atom. The van der Waals surface area contributed by atoms with Gasteiger partial charge in [-0.15, -0.1) is 0 Å². The van der Waals surface area contributed by atoms with Gasteiger partial charge in [-0.05, 0) is 44.2 Å². The van der Waals surface area contributed by atoms with Crippen LogP contribution in [-0.2, 0) is 6.54 Å². The second kappa shape index (κ2) is 7.21. The van der Waals surface area contributed by atoms with Crippen molar-refractivity contribution in [2.24, 2.45) is 0 Å². The molecule has 0 aliphatic heterocycles. The van der Waals surface area contributed by atoms with Crippen LogP contribution in [-0.4, -0.2) is 16.5 Å². The van der Waals surface area contributed by atoms with Crippen molar-refractivity contribution in [1.29, 1.82) is 0 Å². The number of hydrogen-bond donors (Lipinski definition) is 0. The predicted molar refractivity (Wildman–Crippen MR) is 96.9 cm³/mol. The third-order valence-corrected chi connectivity index (χ3v) is 3.87. The van der Waals surface area contributed by atoms with Crippen molar-refractivity contribution < 1.29 is 9.21 Å². The van der Waals surface area contributed by atoms with E-state index in [-0.39, 0.29) is 23.3 Å². The molecule has 25 heavy (non-hydrogen) atoms. The van der Waals surface area contributed by atoms with Gasteiger partial charge in [-0.1, -0.05) is 24.3 Å². The van der Waals surface area contributed by atoms with E-state index in [0.29, 0.717) is 12.3 Å². The summed E-state index contributed by atoms with van der Waals surface area (Å²) in [7, 11) is 0. The Balaban J connectivity index is 1.84. The fourth-order valence-corrected chi connectivity index (χ4v) is 2.69. The second-order valence-corrected chi connectivity index (χ2v) is 6.04. The van der Waals surface area contributed by atoms with Crippen LogP contribution in [0.1, 0.15) is 30.2 Å². The Kier molecular flexibility index (Phi) is 4.84. The molecule has 2 heterocycles. The fourth-order valence-electron chi connectivity index (χ4n) is 2.69. The SMILES string of the molecule is CC(C)N(C(=O)c1ccc(Cn2ccccc2=O)o1)c1ccccc1. The summed E-state index contributed by atoms with van der Waals surface area (Å²) in [5, 5.41) is 0. The summed E-state index contributed by atoms with van der Waals surface area (Å²) in [6, 6.07) is 17.8. The van der Waals surface area contributed by atoms with E-state index >= 15 is 0 Å². The van der Waals surface area contributed by atoms with E-state index < -0.39 is 0 Å². The van der Waals surface area contributed by atoms with Crippen molar-refractivity contribution in [3.63, 3.8) is 0 Å². The Bertz CT molecular complexity index is 910. The molecule has 5 nitrogen and oxygen atoms in total. The molecule has 5 heteroatoms. The zero-order chi connectivity index (χ0) is 17.8. The Hall–Kier alpha value is -3.08. The van der Waals surface area contributed by atoms with E-state index in [1.165, 1.54) is 10.6 Å². The van der Waals surface area contributed by atoms with Gasteiger partial charge in [-0.25, -0.2) is 0 Å². The van der Waals surface area contributed by atoms with Crippen LogP contribution in [0.25, 0.3) is 0 Å². The lowest BCUT2D eigenvalue weighted by Gasteiger charge is -2.25. The van der Waals surface area contributed by atoms with Crippen LogP contribution < -0.4 is 10.5 Å². The first kappa shape index (κ1) is 16.8. The molecule has 0 saturated carbocycles. The van der Waals surface area contributed by atoms with Gasteiger partial charge in [-0.3, -0.25) is 9.59 Å². The standard InChI is InChI=1S/C20H20N2O3/c1-15(2)22(16-8-4-3-5-9-16)20(24)18-12-11-17(25-18)14-21-13-7-6-10-19(21)23/h3-13,15H,14H2,1-2H3. The lowest BCUT2D eigenvalue weighted by Crippen LogP contribution is -2.36. The number of benzene rings is 1. The molecule has 0 aliphatic rings. The van der Waals surface area contributed by atoms with Gasteiger partial charge in [-0.2, -0.15) is 0 Å². The summed E-state index contributed by atoms with van der Waals surface area (Å²) in [6.07, 6.45) is 1.69. The lowest BCUT2D eigenvalue weighted by molar-refractivity contribution is 0.0951. The summed E-state index contributed by atoms with van der Waals surface area (Å²) >= 11 is 0. The van der Waals surface area contributed by atoms with Gasteiger partial charge in [0.2, 0.25) is 0 Å². The number of nitrogens with zero attached hydrogens (tertiary/aromatic N) is 2. The van der Waals surface area contributed by atoms with Crippen LogP contribution in [0.3, 0.4) is 0 Å². The molecule has 0 atom stereocenters. The number of anilines is 1. The highest BCUT2D eigenvalue weighted by atomic mass is 16.4. The fraction of sp³-hybridized carbons (Fsp3) is 0.200. The summed E-state index contributed by atoms with van der Waals surface area (Å²) < 4.78 is 7.24. The highest BCUT2D eigenvalue weighted by Crippen LogP contribution is 2.21. The van der Waals surface area contributed by atoms with E-state index in [2.05, 4.69) is 0 Å². The molecule has 128 valence electrons. The molecule has 0 unspecified atom stereocenters. The minimum atomic E-state index is -0.201. The van der Waals surface area contributed by atoms with Crippen molar-refractivity contribution in [2.75, 3.05) is 4.90 Å². The zero-order valence-corrected chi connectivity index (χ0v) is 14.3. The first-order valence-corrected chi connectivity index (χ1v) is 8.19. The van der Waals surface area contributed by atoms with Gasteiger partial charge in [0.25, 0.3) is 11.5 Å².